The van der Waals surface area contributed by atoms with Crippen LogP contribution in [0.1, 0.15) is 24.7 Å². The smallest absolute Gasteiger partial charge is 0.180 e. The Balaban J connectivity index is 1.55. The molecule has 0 saturated carbocycles. The van der Waals surface area contributed by atoms with Crippen molar-refractivity contribution >= 4 is 0 Å². The number of aryl methyl sites for hydroxylation is 1. The Labute approximate surface area is 117 Å². The highest BCUT2D eigenvalue weighted by Gasteiger charge is 2.24. The van der Waals surface area contributed by atoms with E-state index >= 15 is 0 Å². The minimum Gasteiger partial charge on any atom is -0.367 e. The van der Waals surface area contributed by atoms with Crippen LogP contribution in [0.15, 0.2) is 18.5 Å². The number of hydrogen-bond donors (Lipinski definition) is 1. The summed E-state index contributed by atoms with van der Waals surface area (Å²) in [5.41, 5.74) is 0. The van der Waals surface area contributed by atoms with Crippen LogP contribution in [0.4, 0.5) is 0 Å². The number of morpholine rings is 1. The lowest BCUT2D eigenvalue weighted by atomic mass is 10.2. The summed E-state index contributed by atoms with van der Waals surface area (Å²) < 4.78 is 7.73. The molecule has 0 bridgehead atoms. The minimum absolute atomic E-state index is 0.0297. The Morgan fingerprint density at radius 1 is 1.45 bits per heavy atom. The molecule has 0 unspecified atom stereocenters. The van der Waals surface area contributed by atoms with Gasteiger partial charge in [-0.3, -0.25) is 14.7 Å². The molecule has 1 aliphatic rings. The van der Waals surface area contributed by atoms with Gasteiger partial charge in [-0.15, -0.1) is 0 Å². The molecule has 3 heterocycles. The number of nitrogens with zero attached hydrogens (tertiary/aromatic N) is 5. The number of aromatic nitrogens is 5. The lowest BCUT2D eigenvalue weighted by Gasteiger charge is -2.31. The first-order valence-corrected chi connectivity index (χ1v) is 7.07. The van der Waals surface area contributed by atoms with E-state index in [1.54, 1.807) is 0 Å². The van der Waals surface area contributed by atoms with Gasteiger partial charge in [0.05, 0.1) is 13.2 Å². The molecule has 7 heteroatoms. The Kier molecular flexibility index (Phi) is 4.08. The Morgan fingerprint density at radius 2 is 2.40 bits per heavy atom. The summed E-state index contributed by atoms with van der Waals surface area (Å²) in [5.74, 6) is 1.68. The van der Waals surface area contributed by atoms with Gasteiger partial charge in [-0.05, 0) is 6.07 Å². The number of rotatable bonds is 5. The molecular formula is C13H20N6O. The summed E-state index contributed by atoms with van der Waals surface area (Å²) in [6.07, 6.45) is 4.63. The molecule has 0 radical (unpaired) electrons. The number of ether oxygens (including phenoxy) is 1. The largest absolute Gasteiger partial charge is 0.367 e. The number of aromatic amines is 1. The van der Waals surface area contributed by atoms with Crippen molar-refractivity contribution in [1.29, 1.82) is 0 Å². The number of hydrogen-bond acceptors (Lipinski definition) is 5. The first kappa shape index (κ1) is 13.3. The first-order chi connectivity index (χ1) is 9.85. The van der Waals surface area contributed by atoms with Crippen molar-refractivity contribution in [1.82, 2.24) is 29.9 Å². The fraction of sp³-hybridized carbons (Fsp3) is 0.615. The van der Waals surface area contributed by atoms with E-state index in [2.05, 4.69) is 32.1 Å². The summed E-state index contributed by atoms with van der Waals surface area (Å²) >= 11 is 0. The highest BCUT2D eigenvalue weighted by Crippen LogP contribution is 2.18. The average Bonchev–Trinajstić information content (AvgIpc) is 3.16. The molecule has 7 nitrogen and oxygen atoms in total. The van der Waals surface area contributed by atoms with Crippen LogP contribution in [0.5, 0.6) is 0 Å². The van der Waals surface area contributed by atoms with E-state index < -0.39 is 0 Å². The molecule has 0 aromatic carbocycles. The zero-order valence-corrected chi connectivity index (χ0v) is 11.7. The summed E-state index contributed by atoms with van der Waals surface area (Å²) in [5, 5.41) is 11.4. The molecule has 1 aliphatic heterocycles. The van der Waals surface area contributed by atoms with E-state index in [-0.39, 0.29) is 6.10 Å². The second-order valence-electron chi connectivity index (χ2n) is 4.92. The van der Waals surface area contributed by atoms with Gasteiger partial charge in [-0.25, -0.2) is 4.98 Å². The number of nitrogens with one attached hydrogen (secondary N) is 1. The maximum absolute atomic E-state index is 5.78. The van der Waals surface area contributed by atoms with Gasteiger partial charge < -0.3 is 4.74 Å². The molecular weight excluding hydrogens is 256 g/mol. The monoisotopic (exact) mass is 276 g/mol. The normalized spacial score (nSPS) is 20.4. The highest BCUT2D eigenvalue weighted by molar-refractivity contribution is 4.96. The van der Waals surface area contributed by atoms with E-state index in [0.717, 1.165) is 50.9 Å². The molecule has 1 saturated heterocycles. The molecule has 108 valence electrons. The third kappa shape index (κ3) is 3.05. The quantitative estimate of drug-likeness (QED) is 0.867. The summed E-state index contributed by atoms with van der Waals surface area (Å²) in [6, 6.07) is 1.95. The average molecular weight is 276 g/mol. The van der Waals surface area contributed by atoms with Crippen molar-refractivity contribution in [3.05, 3.63) is 30.1 Å². The molecule has 1 N–H and O–H groups in total. The van der Waals surface area contributed by atoms with Crippen LogP contribution in [0.2, 0.25) is 0 Å². The van der Waals surface area contributed by atoms with E-state index in [4.69, 9.17) is 4.74 Å². The third-order valence-electron chi connectivity index (χ3n) is 3.53. The molecule has 1 fully saturated rings. The van der Waals surface area contributed by atoms with Gasteiger partial charge >= 0.3 is 0 Å². The molecule has 0 spiro atoms. The van der Waals surface area contributed by atoms with Crippen LogP contribution in [0.25, 0.3) is 0 Å². The first-order valence-electron chi connectivity index (χ1n) is 7.07. The van der Waals surface area contributed by atoms with E-state index in [9.17, 15) is 0 Å². The van der Waals surface area contributed by atoms with Crippen LogP contribution in [0.3, 0.4) is 0 Å². The van der Waals surface area contributed by atoms with Crippen molar-refractivity contribution in [2.24, 2.45) is 0 Å². The van der Waals surface area contributed by atoms with E-state index in [0.29, 0.717) is 0 Å². The predicted octanol–water partition coefficient (Wildman–Crippen LogP) is 0.637. The Hall–Kier alpha value is -1.73. The van der Waals surface area contributed by atoms with E-state index in [1.165, 1.54) is 0 Å². The van der Waals surface area contributed by atoms with Gasteiger partial charge in [0, 0.05) is 38.4 Å². The predicted molar refractivity (Wildman–Crippen MR) is 73.1 cm³/mol. The maximum atomic E-state index is 5.78. The zero-order chi connectivity index (χ0) is 13.8. The summed E-state index contributed by atoms with van der Waals surface area (Å²) in [7, 11) is 0. The second kappa shape index (κ2) is 6.15. The van der Waals surface area contributed by atoms with Gasteiger partial charge in [0.2, 0.25) is 0 Å². The molecule has 1 atom stereocenters. The van der Waals surface area contributed by atoms with E-state index in [1.807, 2.05) is 23.1 Å². The fourth-order valence-corrected chi connectivity index (χ4v) is 2.35. The zero-order valence-electron chi connectivity index (χ0n) is 11.7. The van der Waals surface area contributed by atoms with Gasteiger partial charge in [0.25, 0.3) is 0 Å². The Morgan fingerprint density at radius 3 is 3.15 bits per heavy atom. The molecule has 0 amide bonds. The second-order valence-corrected chi connectivity index (χ2v) is 4.92. The van der Waals surface area contributed by atoms with Crippen molar-refractivity contribution in [3.63, 3.8) is 0 Å². The minimum atomic E-state index is -0.0297. The summed E-state index contributed by atoms with van der Waals surface area (Å²) in [4.78, 5) is 6.83. The van der Waals surface area contributed by atoms with Crippen LogP contribution < -0.4 is 0 Å². The van der Waals surface area contributed by atoms with Crippen molar-refractivity contribution < 1.29 is 4.74 Å². The van der Waals surface area contributed by atoms with Gasteiger partial charge in [-0.2, -0.15) is 10.2 Å². The maximum Gasteiger partial charge on any atom is 0.180 e. The van der Waals surface area contributed by atoms with Gasteiger partial charge in [-0.1, -0.05) is 6.92 Å². The Bertz CT molecular complexity index is 523. The highest BCUT2D eigenvalue weighted by atomic mass is 16.5. The topological polar surface area (TPSA) is 71.9 Å². The lowest BCUT2D eigenvalue weighted by molar-refractivity contribution is -0.0352. The van der Waals surface area contributed by atoms with Crippen LogP contribution in [-0.2, 0) is 17.7 Å². The van der Waals surface area contributed by atoms with Crippen LogP contribution in [-0.4, -0.2) is 56.1 Å². The molecule has 2 aromatic heterocycles. The van der Waals surface area contributed by atoms with Crippen molar-refractivity contribution in [3.8, 4) is 0 Å². The lowest BCUT2D eigenvalue weighted by Crippen LogP contribution is -2.40. The molecule has 20 heavy (non-hydrogen) atoms. The standard InChI is InChI=1S/C13H20N6O/c1-2-12-15-13(17-16-12)11-10-18(8-9-20-11)6-7-19-5-3-4-14-19/h3-5,11H,2,6-10H2,1H3,(H,15,16,17)/t11-/m1/s1. The van der Waals surface area contributed by atoms with Crippen LogP contribution >= 0.6 is 0 Å². The van der Waals surface area contributed by atoms with Gasteiger partial charge in [0.1, 0.15) is 11.9 Å². The summed E-state index contributed by atoms with van der Waals surface area (Å²) in [6.45, 7) is 6.42. The molecule has 3 rings (SSSR count). The SMILES string of the molecule is CCc1nc([C@H]2CN(CCn3cccn3)CCO2)n[nH]1. The fourth-order valence-electron chi connectivity index (χ4n) is 2.35. The van der Waals surface area contributed by atoms with Crippen molar-refractivity contribution in [2.75, 3.05) is 26.2 Å². The number of H-pyrrole nitrogens is 1. The van der Waals surface area contributed by atoms with Gasteiger partial charge in [0.15, 0.2) is 5.82 Å². The molecule has 0 aliphatic carbocycles. The van der Waals surface area contributed by atoms with Crippen LogP contribution in [0, 0.1) is 0 Å². The third-order valence-corrected chi connectivity index (χ3v) is 3.53. The van der Waals surface area contributed by atoms with Crippen molar-refractivity contribution in [2.45, 2.75) is 26.0 Å². The molecule has 2 aromatic rings.